The number of rotatable bonds is 4. The van der Waals surface area contributed by atoms with Crippen molar-refractivity contribution in [1.29, 1.82) is 0 Å². The second kappa shape index (κ2) is 6.72. The quantitative estimate of drug-likeness (QED) is 0.794. The third-order valence-electron chi connectivity index (χ3n) is 4.88. The number of piperidine rings is 1. The highest BCUT2D eigenvalue weighted by Crippen LogP contribution is 2.26. The first-order chi connectivity index (χ1) is 12.2. The van der Waals surface area contributed by atoms with E-state index in [1.807, 2.05) is 35.3 Å². The van der Waals surface area contributed by atoms with Gasteiger partial charge in [0.2, 0.25) is 0 Å². The topological polar surface area (TPSA) is 63.3 Å². The summed E-state index contributed by atoms with van der Waals surface area (Å²) in [6.07, 6.45) is 5.98. The van der Waals surface area contributed by atoms with Gasteiger partial charge in [0.25, 0.3) is 5.91 Å². The molecule has 6 heteroatoms. The lowest BCUT2D eigenvalue weighted by molar-refractivity contribution is 0.0955. The van der Waals surface area contributed by atoms with Gasteiger partial charge in [0.05, 0.1) is 12.3 Å². The summed E-state index contributed by atoms with van der Waals surface area (Å²) in [6, 6.07) is 10.2. The van der Waals surface area contributed by atoms with Gasteiger partial charge in [-0.15, -0.1) is 0 Å². The molecule has 1 amide bonds. The van der Waals surface area contributed by atoms with E-state index in [-0.39, 0.29) is 5.91 Å². The number of nitrogens with zero attached hydrogens (tertiary/aromatic N) is 3. The van der Waals surface area contributed by atoms with Crippen LogP contribution in [0.1, 0.15) is 34.9 Å². The maximum absolute atomic E-state index is 11.7. The summed E-state index contributed by atoms with van der Waals surface area (Å²) in [7, 11) is 1.62. The van der Waals surface area contributed by atoms with Crippen LogP contribution in [0.2, 0.25) is 0 Å². The first-order valence-electron chi connectivity index (χ1n) is 8.69. The van der Waals surface area contributed by atoms with Crippen molar-refractivity contribution < 1.29 is 9.21 Å². The van der Waals surface area contributed by atoms with Crippen molar-refractivity contribution in [1.82, 2.24) is 20.0 Å². The van der Waals surface area contributed by atoms with Crippen LogP contribution in [-0.4, -0.2) is 40.7 Å². The Morgan fingerprint density at radius 3 is 3.12 bits per heavy atom. The number of aromatic nitrogens is 2. The molecule has 0 aliphatic carbocycles. The van der Waals surface area contributed by atoms with Gasteiger partial charge in [-0.3, -0.25) is 14.4 Å². The van der Waals surface area contributed by atoms with Gasteiger partial charge in [-0.1, -0.05) is 18.2 Å². The molecule has 0 radical (unpaired) electrons. The summed E-state index contributed by atoms with van der Waals surface area (Å²) < 4.78 is 7.59. The van der Waals surface area contributed by atoms with Crippen LogP contribution in [-0.2, 0) is 6.54 Å². The molecule has 2 aromatic heterocycles. The second-order valence-corrected chi connectivity index (χ2v) is 6.55. The highest BCUT2D eigenvalue weighted by atomic mass is 16.3. The monoisotopic (exact) mass is 338 g/mol. The predicted octanol–water partition coefficient (Wildman–Crippen LogP) is 2.83. The van der Waals surface area contributed by atoms with Gasteiger partial charge in [0.15, 0.2) is 0 Å². The first kappa shape index (κ1) is 15.9. The SMILES string of the molecule is CNC(=O)c1ccn([C@H]2CCCN(Cc3coc4ccccc34)C2)n1. The van der Waals surface area contributed by atoms with Gasteiger partial charge >= 0.3 is 0 Å². The molecule has 3 heterocycles. The number of furan rings is 1. The average molecular weight is 338 g/mol. The fourth-order valence-corrected chi connectivity index (χ4v) is 3.58. The molecule has 1 N–H and O–H groups in total. The number of amides is 1. The molecule has 1 aromatic carbocycles. The molecule has 4 rings (SSSR count). The lowest BCUT2D eigenvalue weighted by Crippen LogP contribution is -2.36. The molecule has 3 aromatic rings. The lowest BCUT2D eigenvalue weighted by Gasteiger charge is -2.32. The standard InChI is InChI=1S/C19H22N4O2/c1-20-19(24)17-8-10-23(21-17)15-5-4-9-22(12-15)11-14-13-25-18-7-3-2-6-16(14)18/h2-3,6-8,10,13,15H,4-5,9,11-12H2,1H3,(H,20,24)/t15-/m0/s1. The number of hydrogen-bond acceptors (Lipinski definition) is 4. The van der Waals surface area contributed by atoms with Gasteiger partial charge < -0.3 is 9.73 Å². The number of carbonyl (C=O) groups excluding carboxylic acids is 1. The van der Waals surface area contributed by atoms with E-state index in [2.05, 4.69) is 21.4 Å². The molecule has 6 nitrogen and oxygen atoms in total. The van der Waals surface area contributed by atoms with Crippen LogP contribution in [0.25, 0.3) is 11.0 Å². The minimum Gasteiger partial charge on any atom is -0.464 e. The maximum Gasteiger partial charge on any atom is 0.271 e. The predicted molar refractivity (Wildman–Crippen MR) is 95.4 cm³/mol. The smallest absolute Gasteiger partial charge is 0.271 e. The zero-order valence-electron chi connectivity index (χ0n) is 14.3. The van der Waals surface area contributed by atoms with E-state index >= 15 is 0 Å². The molecule has 1 aliphatic heterocycles. The number of carbonyl (C=O) groups is 1. The van der Waals surface area contributed by atoms with E-state index in [1.165, 1.54) is 10.9 Å². The van der Waals surface area contributed by atoms with Crippen LogP contribution >= 0.6 is 0 Å². The summed E-state index contributed by atoms with van der Waals surface area (Å²) in [6.45, 7) is 2.87. The molecule has 0 saturated carbocycles. The Labute approximate surface area is 146 Å². The highest BCUT2D eigenvalue weighted by Gasteiger charge is 2.23. The maximum atomic E-state index is 11.7. The van der Waals surface area contributed by atoms with Crippen molar-refractivity contribution in [3.05, 3.63) is 54.0 Å². The summed E-state index contributed by atoms with van der Waals surface area (Å²) in [5, 5.41) is 8.25. The number of hydrogen-bond donors (Lipinski definition) is 1. The van der Waals surface area contributed by atoms with E-state index in [9.17, 15) is 4.79 Å². The Kier molecular flexibility index (Phi) is 4.28. The van der Waals surface area contributed by atoms with Crippen LogP contribution in [0.5, 0.6) is 0 Å². The molecule has 0 spiro atoms. The Morgan fingerprint density at radius 2 is 2.24 bits per heavy atom. The fourth-order valence-electron chi connectivity index (χ4n) is 3.58. The summed E-state index contributed by atoms with van der Waals surface area (Å²) >= 11 is 0. The van der Waals surface area contributed by atoms with Crippen molar-refractivity contribution in [3.8, 4) is 0 Å². The number of para-hydroxylation sites is 1. The molecule has 25 heavy (non-hydrogen) atoms. The minimum absolute atomic E-state index is 0.142. The normalized spacial score (nSPS) is 18.5. The summed E-state index contributed by atoms with van der Waals surface area (Å²) in [5.41, 5.74) is 2.64. The highest BCUT2D eigenvalue weighted by molar-refractivity contribution is 5.91. The van der Waals surface area contributed by atoms with E-state index in [4.69, 9.17) is 4.42 Å². The molecular formula is C19H22N4O2. The van der Waals surface area contributed by atoms with Gasteiger partial charge in [0, 0.05) is 37.3 Å². The Hall–Kier alpha value is -2.60. The van der Waals surface area contributed by atoms with Crippen molar-refractivity contribution in [2.24, 2.45) is 0 Å². The van der Waals surface area contributed by atoms with Gasteiger partial charge in [-0.2, -0.15) is 5.10 Å². The molecule has 1 saturated heterocycles. The largest absolute Gasteiger partial charge is 0.464 e. The number of fused-ring (bicyclic) bond motifs is 1. The zero-order valence-corrected chi connectivity index (χ0v) is 14.3. The van der Waals surface area contributed by atoms with Crippen molar-refractivity contribution in [2.45, 2.75) is 25.4 Å². The summed E-state index contributed by atoms with van der Waals surface area (Å²) in [4.78, 5) is 14.1. The Balaban J connectivity index is 1.47. The number of benzene rings is 1. The molecule has 0 unspecified atom stereocenters. The Bertz CT molecular complexity index is 882. The van der Waals surface area contributed by atoms with Crippen LogP contribution < -0.4 is 5.32 Å². The van der Waals surface area contributed by atoms with E-state index in [1.54, 1.807) is 13.1 Å². The summed E-state index contributed by atoms with van der Waals surface area (Å²) in [5.74, 6) is -0.142. The minimum atomic E-state index is -0.142. The zero-order chi connectivity index (χ0) is 17.2. The molecule has 0 bridgehead atoms. The third-order valence-corrected chi connectivity index (χ3v) is 4.88. The third kappa shape index (κ3) is 3.17. The van der Waals surface area contributed by atoms with Crippen molar-refractivity contribution in [3.63, 3.8) is 0 Å². The second-order valence-electron chi connectivity index (χ2n) is 6.55. The Morgan fingerprint density at radius 1 is 1.36 bits per heavy atom. The van der Waals surface area contributed by atoms with Crippen molar-refractivity contribution in [2.75, 3.05) is 20.1 Å². The van der Waals surface area contributed by atoms with E-state index < -0.39 is 0 Å². The van der Waals surface area contributed by atoms with Crippen LogP contribution in [0, 0.1) is 0 Å². The first-order valence-corrected chi connectivity index (χ1v) is 8.69. The molecule has 1 aliphatic rings. The van der Waals surface area contributed by atoms with Crippen molar-refractivity contribution >= 4 is 16.9 Å². The van der Waals surface area contributed by atoms with Gasteiger partial charge in [0.1, 0.15) is 11.3 Å². The number of nitrogens with one attached hydrogen (secondary N) is 1. The molecule has 1 atom stereocenters. The fraction of sp³-hybridized carbons (Fsp3) is 0.368. The van der Waals surface area contributed by atoms with E-state index in [0.29, 0.717) is 11.7 Å². The molecular weight excluding hydrogens is 316 g/mol. The van der Waals surface area contributed by atoms with Crippen LogP contribution in [0.4, 0.5) is 0 Å². The van der Waals surface area contributed by atoms with Crippen LogP contribution in [0.15, 0.2) is 47.2 Å². The van der Waals surface area contributed by atoms with Gasteiger partial charge in [-0.05, 0) is 31.5 Å². The average Bonchev–Trinajstić information content (AvgIpc) is 3.29. The number of likely N-dealkylation sites (tertiary alicyclic amines) is 1. The van der Waals surface area contributed by atoms with Crippen LogP contribution in [0.3, 0.4) is 0 Å². The molecule has 1 fully saturated rings. The lowest BCUT2D eigenvalue weighted by atomic mass is 10.0. The van der Waals surface area contributed by atoms with Gasteiger partial charge in [-0.25, -0.2) is 0 Å². The molecule has 130 valence electrons. The van der Waals surface area contributed by atoms with E-state index in [0.717, 1.165) is 38.1 Å².